The van der Waals surface area contributed by atoms with Gasteiger partial charge < -0.3 is 39.8 Å². The number of hydrogen-bond donors (Lipinski definition) is 4. The van der Waals surface area contributed by atoms with Crippen molar-refractivity contribution < 1.29 is 28.2 Å². The Bertz CT molecular complexity index is 1430. The molecule has 0 unspecified atom stereocenters. The first-order valence-electron chi connectivity index (χ1n) is 15.5. The van der Waals surface area contributed by atoms with Gasteiger partial charge in [-0.2, -0.15) is 0 Å². The number of piperidine rings is 1. The van der Waals surface area contributed by atoms with Gasteiger partial charge in [0.05, 0.1) is 18.4 Å². The molecule has 12 nitrogen and oxygen atoms in total. The molecule has 244 valence electrons. The number of aliphatic hydroxyl groups excluding tert-OH is 1. The first-order chi connectivity index (χ1) is 21.8. The Balaban J connectivity index is 1.15. The maximum atomic E-state index is 14.9. The number of nitrogens with zero attached hydrogens (tertiary/aromatic N) is 4. The van der Waals surface area contributed by atoms with E-state index in [1.807, 2.05) is 18.9 Å². The Morgan fingerprint density at radius 2 is 2.09 bits per heavy atom. The molecule has 2 aromatic heterocycles. The second-order valence-electron chi connectivity index (χ2n) is 11.7. The van der Waals surface area contributed by atoms with Crippen LogP contribution in [0.1, 0.15) is 45.8 Å². The van der Waals surface area contributed by atoms with Gasteiger partial charge in [-0.15, -0.1) is 0 Å². The molecule has 4 heterocycles. The van der Waals surface area contributed by atoms with Crippen LogP contribution >= 0.6 is 0 Å². The number of carbonyl (C=O) groups is 1. The third-order valence-electron chi connectivity index (χ3n) is 8.30. The molecule has 13 heteroatoms. The number of aromatic nitrogens is 2. The van der Waals surface area contributed by atoms with Gasteiger partial charge in [0.1, 0.15) is 18.2 Å². The fourth-order valence-corrected chi connectivity index (χ4v) is 5.60. The summed E-state index contributed by atoms with van der Waals surface area (Å²) in [6.45, 7) is 6.55. The van der Waals surface area contributed by atoms with Crippen molar-refractivity contribution in [2.75, 3.05) is 70.2 Å². The number of β-amino-alcohol motifs (C(OH)–C–C–N with tert-alkyl or cyclic N) is 1. The predicted octanol–water partition coefficient (Wildman–Crippen LogP) is 2.49. The van der Waals surface area contributed by atoms with E-state index in [9.17, 15) is 14.3 Å². The highest BCUT2D eigenvalue weighted by Gasteiger charge is 2.23. The number of anilines is 2. The van der Waals surface area contributed by atoms with Crippen LogP contribution in [0.15, 0.2) is 35.1 Å². The molecule has 1 aromatic carbocycles. The lowest BCUT2D eigenvalue weighted by molar-refractivity contribution is 0.0841. The molecule has 0 aliphatic carbocycles. The summed E-state index contributed by atoms with van der Waals surface area (Å²) in [5, 5.41) is 20.6. The van der Waals surface area contributed by atoms with E-state index in [4.69, 9.17) is 18.9 Å². The Kier molecular flexibility index (Phi) is 11.2. The van der Waals surface area contributed by atoms with Gasteiger partial charge in [0, 0.05) is 58.5 Å². The molecule has 4 N–H and O–H groups in total. The van der Waals surface area contributed by atoms with Crippen molar-refractivity contribution in [1.29, 1.82) is 0 Å². The van der Waals surface area contributed by atoms with Gasteiger partial charge in [0.15, 0.2) is 23.7 Å². The molecule has 3 aromatic rings. The van der Waals surface area contributed by atoms with E-state index in [1.165, 1.54) is 12.5 Å². The number of carbonyl (C=O) groups excluding carboxylic acids is 1. The number of hydrogen-bond acceptors (Lipinski definition) is 11. The van der Waals surface area contributed by atoms with E-state index in [1.54, 1.807) is 25.3 Å². The van der Waals surface area contributed by atoms with Crippen molar-refractivity contribution in [3.8, 4) is 5.75 Å². The molecule has 2 aliphatic heterocycles. The fourth-order valence-electron chi connectivity index (χ4n) is 5.60. The van der Waals surface area contributed by atoms with Crippen LogP contribution in [0.25, 0.3) is 0 Å². The molecule has 1 amide bonds. The Morgan fingerprint density at radius 3 is 2.84 bits per heavy atom. The van der Waals surface area contributed by atoms with E-state index in [0.29, 0.717) is 67.9 Å². The number of halogens is 1. The molecule has 0 bridgehead atoms. The van der Waals surface area contributed by atoms with Crippen molar-refractivity contribution in [1.82, 2.24) is 25.5 Å². The van der Waals surface area contributed by atoms with Crippen molar-refractivity contribution in [2.45, 2.75) is 51.5 Å². The highest BCUT2D eigenvalue weighted by atomic mass is 19.1. The Hall–Kier alpha value is -3.78. The largest absolute Gasteiger partial charge is 0.482 e. The van der Waals surface area contributed by atoms with Gasteiger partial charge in [-0.1, -0.05) is 0 Å². The van der Waals surface area contributed by atoms with Crippen LogP contribution in [0.2, 0.25) is 0 Å². The number of pyridine rings is 1. The molecular formula is C32H44FN7O5. The van der Waals surface area contributed by atoms with Gasteiger partial charge >= 0.3 is 0 Å². The molecule has 0 spiro atoms. The van der Waals surface area contributed by atoms with Crippen molar-refractivity contribution in [3.63, 3.8) is 0 Å². The maximum absolute atomic E-state index is 14.9. The Morgan fingerprint density at radius 1 is 1.27 bits per heavy atom. The number of rotatable bonds is 14. The minimum atomic E-state index is -0.800. The lowest BCUT2D eigenvalue weighted by atomic mass is 9.99. The highest BCUT2D eigenvalue weighted by molar-refractivity contribution is 5.95. The first-order valence-corrected chi connectivity index (χ1v) is 15.5. The summed E-state index contributed by atoms with van der Waals surface area (Å²) in [7, 11) is 3.56. The predicted molar refractivity (Wildman–Crippen MR) is 168 cm³/mol. The molecular weight excluding hydrogens is 581 g/mol. The lowest BCUT2D eigenvalue weighted by Crippen LogP contribution is -2.42. The SMILES string of the molecule is COCCN(C)c1cc(C(=O)NC[C@H](O)CN2CCc3cc(OCc4ocnc4C)c(F)cc3C2)cc(NC2CCNCC2)n1. The summed E-state index contributed by atoms with van der Waals surface area (Å²) in [6, 6.07) is 7.04. The number of aliphatic hydroxyl groups is 1. The Labute approximate surface area is 263 Å². The smallest absolute Gasteiger partial charge is 0.251 e. The van der Waals surface area contributed by atoms with Crippen LogP contribution in [0, 0.1) is 12.7 Å². The van der Waals surface area contributed by atoms with E-state index >= 15 is 0 Å². The van der Waals surface area contributed by atoms with Crippen molar-refractivity contribution in [2.24, 2.45) is 0 Å². The fraction of sp³-hybridized carbons (Fsp3) is 0.531. The average Bonchev–Trinajstić information content (AvgIpc) is 3.46. The summed E-state index contributed by atoms with van der Waals surface area (Å²) in [5.41, 5.74) is 3.04. The van der Waals surface area contributed by atoms with E-state index in [-0.39, 0.29) is 30.9 Å². The monoisotopic (exact) mass is 625 g/mol. The lowest BCUT2D eigenvalue weighted by Gasteiger charge is -2.30. The van der Waals surface area contributed by atoms with Crippen LogP contribution in [-0.4, -0.2) is 98.1 Å². The first kappa shape index (κ1) is 32.6. The molecule has 1 fully saturated rings. The molecule has 5 rings (SSSR count). The van der Waals surface area contributed by atoms with E-state index < -0.39 is 11.9 Å². The normalized spacial score (nSPS) is 16.2. The average molecular weight is 626 g/mol. The van der Waals surface area contributed by atoms with Crippen molar-refractivity contribution >= 4 is 17.5 Å². The molecule has 1 atom stereocenters. The molecule has 0 saturated carbocycles. The number of likely N-dealkylation sites (N-methyl/N-ethyl adjacent to an activating group) is 1. The van der Waals surface area contributed by atoms with E-state index in [0.717, 1.165) is 37.1 Å². The summed E-state index contributed by atoms with van der Waals surface area (Å²) in [4.78, 5) is 26.0. The highest BCUT2D eigenvalue weighted by Crippen LogP contribution is 2.28. The van der Waals surface area contributed by atoms with Gasteiger partial charge in [-0.3, -0.25) is 9.69 Å². The number of nitrogens with one attached hydrogen (secondary N) is 3. The standard InChI is InChI=1S/C32H44FN7O5/c1-21-29(45-20-36-21)19-44-28-13-22-6-9-40(17-24(22)12-27(28)33)18-26(41)16-35-32(42)23-14-30(37-25-4-7-34-8-5-25)38-31(15-23)39(2)10-11-43-3/h12-15,20,25-26,34,41H,4-11,16-19H2,1-3H3,(H,35,42)(H,37,38)/t26-/m0/s1. The van der Waals surface area contributed by atoms with Crippen LogP contribution in [0.5, 0.6) is 5.75 Å². The van der Waals surface area contributed by atoms with Gasteiger partial charge in [0.25, 0.3) is 5.91 Å². The third-order valence-corrected chi connectivity index (χ3v) is 8.30. The third kappa shape index (κ3) is 8.91. The number of amides is 1. The zero-order valence-corrected chi connectivity index (χ0v) is 26.3. The number of ether oxygens (including phenoxy) is 2. The number of fused-ring (bicyclic) bond motifs is 1. The molecule has 0 radical (unpaired) electrons. The maximum Gasteiger partial charge on any atom is 0.251 e. The number of benzene rings is 1. The number of methoxy groups -OCH3 is 1. The van der Waals surface area contributed by atoms with Crippen LogP contribution in [-0.2, 0) is 24.3 Å². The zero-order chi connectivity index (χ0) is 31.8. The van der Waals surface area contributed by atoms with Gasteiger partial charge in [0.2, 0.25) is 0 Å². The zero-order valence-electron chi connectivity index (χ0n) is 26.3. The second kappa shape index (κ2) is 15.5. The molecule has 2 aliphatic rings. The summed E-state index contributed by atoms with van der Waals surface area (Å²) >= 11 is 0. The second-order valence-corrected chi connectivity index (χ2v) is 11.7. The summed E-state index contributed by atoms with van der Waals surface area (Å²) in [6.07, 6.45) is 3.19. The minimum absolute atomic E-state index is 0.0820. The van der Waals surface area contributed by atoms with Crippen LogP contribution in [0.4, 0.5) is 16.0 Å². The van der Waals surface area contributed by atoms with Crippen molar-refractivity contribution in [3.05, 3.63) is 64.6 Å². The molecule has 45 heavy (non-hydrogen) atoms. The van der Waals surface area contributed by atoms with Gasteiger partial charge in [-0.05, 0) is 74.7 Å². The molecule has 1 saturated heterocycles. The van der Waals surface area contributed by atoms with Gasteiger partial charge in [-0.25, -0.2) is 14.4 Å². The van der Waals surface area contributed by atoms with Crippen LogP contribution < -0.4 is 25.6 Å². The van der Waals surface area contributed by atoms with E-state index in [2.05, 4.69) is 25.8 Å². The quantitative estimate of drug-likeness (QED) is 0.210. The summed E-state index contributed by atoms with van der Waals surface area (Å²) in [5.74, 6) is 1.32. The minimum Gasteiger partial charge on any atom is -0.482 e. The number of aryl methyl sites for hydroxylation is 1. The number of oxazole rings is 1. The topological polar surface area (TPSA) is 137 Å². The van der Waals surface area contributed by atoms with Crippen LogP contribution in [0.3, 0.4) is 0 Å². The summed E-state index contributed by atoms with van der Waals surface area (Å²) < 4.78 is 31.0.